The molecule has 2 aromatic carbocycles. The molecule has 0 atom stereocenters. The molecule has 2 heterocycles. The molecule has 0 spiro atoms. The summed E-state index contributed by atoms with van der Waals surface area (Å²) >= 11 is 0. The van der Waals surface area contributed by atoms with Gasteiger partial charge in [0.1, 0.15) is 30.2 Å². The molecule has 2 aliphatic rings. The number of rotatable bonds is 4. The van der Waals surface area contributed by atoms with Crippen LogP contribution in [-0.2, 0) is 26.3 Å². The van der Waals surface area contributed by atoms with Gasteiger partial charge in [-0.25, -0.2) is 18.2 Å². The lowest BCUT2D eigenvalue weighted by Gasteiger charge is -2.37. The number of amides is 2. The molecule has 1 N–H and O–H groups in total. The first-order valence-corrected chi connectivity index (χ1v) is 12.7. The maximum absolute atomic E-state index is 15.6. The molecule has 2 aromatic rings. The Morgan fingerprint density at radius 1 is 1.17 bits per heavy atom. The highest BCUT2D eigenvalue weighted by Gasteiger charge is 2.38. The Morgan fingerprint density at radius 3 is 2.47 bits per heavy atom. The van der Waals surface area contributed by atoms with E-state index in [-0.39, 0.29) is 29.5 Å². The SMILES string of the molecule is CC(C)(C)OC(=O)N1CC(C#Cc2ccc(OCc3ccccc3)c(N3CC(=O)NS3(=O)=O)c2F)C1. The van der Waals surface area contributed by atoms with Crippen LogP contribution in [0.4, 0.5) is 14.9 Å². The molecule has 2 saturated heterocycles. The molecule has 2 aliphatic heterocycles. The average Bonchev–Trinajstić information content (AvgIpc) is 3.03. The summed E-state index contributed by atoms with van der Waals surface area (Å²) in [7, 11) is -4.28. The highest BCUT2D eigenvalue weighted by Crippen LogP contribution is 2.36. The molecule has 0 bridgehead atoms. The summed E-state index contributed by atoms with van der Waals surface area (Å²) in [6.07, 6.45) is -0.439. The number of ether oxygens (including phenoxy) is 2. The number of likely N-dealkylation sites (tertiary alicyclic amines) is 1. The number of hydrogen-bond donors (Lipinski definition) is 1. The van der Waals surface area contributed by atoms with Crippen molar-refractivity contribution in [2.45, 2.75) is 33.0 Å². The maximum Gasteiger partial charge on any atom is 0.410 e. The zero-order valence-electron chi connectivity index (χ0n) is 20.1. The first-order valence-electron chi connectivity index (χ1n) is 11.2. The van der Waals surface area contributed by atoms with E-state index in [2.05, 4.69) is 11.8 Å². The molecular formula is C25H26FN3O6S. The van der Waals surface area contributed by atoms with Gasteiger partial charge in [0, 0.05) is 13.1 Å². The topological polar surface area (TPSA) is 105 Å². The van der Waals surface area contributed by atoms with Gasteiger partial charge < -0.3 is 14.4 Å². The Kier molecular flexibility index (Phi) is 6.82. The third-order valence-electron chi connectivity index (χ3n) is 5.33. The Bertz CT molecular complexity index is 1340. The molecule has 0 saturated carbocycles. The lowest BCUT2D eigenvalue weighted by atomic mass is 10.0. The van der Waals surface area contributed by atoms with Gasteiger partial charge in [0.05, 0.1) is 11.5 Å². The summed E-state index contributed by atoms with van der Waals surface area (Å²) in [6.45, 7) is 5.50. The molecule has 2 amide bonds. The minimum atomic E-state index is -4.28. The van der Waals surface area contributed by atoms with Crippen LogP contribution in [0.5, 0.6) is 5.75 Å². The van der Waals surface area contributed by atoms with E-state index in [9.17, 15) is 18.0 Å². The lowest BCUT2D eigenvalue weighted by molar-refractivity contribution is -0.117. The highest BCUT2D eigenvalue weighted by atomic mass is 32.2. The first-order chi connectivity index (χ1) is 16.9. The summed E-state index contributed by atoms with van der Waals surface area (Å²) in [5, 5.41) is 0. The molecule has 11 heteroatoms. The van der Waals surface area contributed by atoms with Crippen LogP contribution in [0, 0.1) is 23.6 Å². The first kappa shape index (κ1) is 25.3. The fourth-order valence-electron chi connectivity index (χ4n) is 3.60. The van der Waals surface area contributed by atoms with Crippen molar-refractivity contribution in [3.8, 4) is 17.6 Å². The molecule has 9 nitrogen and oxygen atoms in total. The Morgan fingerprint density at radius 2 is 1.86 bits per heavy atom. The predicted octanol–water partition coefficient (Wildman–Crippen LogP) is 2.80. The molecule has 36 heavy (non-hydrogen) atoms. The van der Waals surface area contributed by atoms with Gasteiger partial charge in [-0.3, -0.25) is 4.79 Å². The van der Waals surface area contributed by atoms with Gasteiger partial charge in [0.25, 0.3) is 5.91 Å². The Hall–Kier alpha value is -3.78. The van der Waals surface area contributed by atoms with Crippen molar-refractivity contribution >= 4 is 27.9 Å². The number of carbonyl (C=O) groups is 2. The maximum atomic E-state index is 15.6. The standard InChI is InChI=1S/C25H26FN3O6S/c1-25(2,3)35-24(31)28-13-18(14-28)9-10-19-11-12-20(34-16-17-7-5-4-6-8-17)23(22(19)26)29-15-21(30)27-36(29,32)33/h4-8,11-12,18H,13-16H2,1-3H3,(H,27,30). The predicted molar refractivity (Wildman–Crippen MR) is 130 cm³/mol. The van der Waals surface area contributed by atoms with E-state index in [4.69, 9.17) is 9.47 Å². The van der Waals surface area contributed by atoms with E-state index in [0.717, 1.165) is 5.56 Å². The Labute approximate surface area is 209 Å². The van der Waals surface area contributed by atoms with Gasteiger partial charge in [-0.15, -0.1) is 0 Å². The van der Waals surface area contributed by atoms with E-state index < -0.39 is 40.2 Å². The molecule has 190 valence electrons. The third-order valence-corrected chi connectivity index (χ3v) is 6.71. The van der Waals surface area contributed by atoms with Gasteiger partial charge >= 0.3 is 16.3 Å². The number of anilines is 1. The average molecular weight is 516 g/mol. The van der Waals surface area contributed by atoms with E-state index in [0.29, 0.717) is 17.4 Å². The second-order valence-electron chi connectivity index (χ2n) is 9.44. The van der Waals surface area contributed by atoms with Gasteiger partial charge in [-0.2, -0.15) is 8.42 Å². The normalized spacial score (nSPS) is 17.1. The van der Waals surface area contributed by atoms with Crippen molar-refractivity contribution in [2.24, 2.45) is 5.92 Å². The molecular weight excluding hydrogens is 489 g/mol. The van der Waals surface area contributed by atoms with Gasteiger partial charge in [-0.05, 0) is 38.5 Å². The van der Waals surface area contributed by atoms with Crippen molar-refractivity contribution in [3.63, 3.8) is 0 Å². The van der Waals surface area contributed by atoms with Crippen LogP contribution in [0.1, 0.15) is 31.9 Å². The van der Waals surface area contributed by atoms with Crippen molar-refractivity contribution < 1.29 is 31.9 Å². The van der Waals surface area contributed by atoms with E-state index in [1.165, 1.54) is 17.0 Å². The van der Waals surface area contributed by atoms with Crippen molar-refractivity contribution in [2.75, 3.05) is 23.9 Å². The fraction of sp³-hybridized carbons (Fsp3) is 0.360. The van der Waals surface area contributed by atoms with Crippen LogP contribution in [0.15, 0.2) is 42.5 Å². The van der Waals surface area contributed by atoms with Gasteiger partial charge in [0.15, 0.2) is 5.82 Å². The van der Waals surface area contributed by atoms with Crippen LogP contribution in [0.2, 0.25) is 0 Å². The molecule has 0 radical (unpaired) electrons. The van der Waals surface area contributed by atoms with Crippen LogP contribution < -0.4 is 13.8 Å². The smallest absolute Gasteiger partial charge is 0.410 e. The van der Waals surface area contributed by atoms with Crippen LogP contribution in [-0.4, -0.2) is 50.6 Å². The van der Waals surface area contributed by atoms with Crippen molar-refractivity contribution in [1.82, 2.24) is 9.62 Å². The molecule has 0 aromatic heterocycles. The lowest BCUT2D eigenvalue weighted by Crippen LogP contribution is -2.51. The number of benzene rings is 2. The summed E-state index contributed by atoms with van der Waals surface area (Å²) in [6, 6.07) is 11.9. The van der Waals surface area contributed by atoms with Gasteiger partial charge in [0.2, 0.25) is 0 Å². The van der Waals surface area contributed by atoms with E-state index >= 15 is 4.39 Å². The number of halogens is 1. The third kappa shape index (κ3) is 5.71. The minimum absolute atomic E-state index is 0.0401. The second kappa shape index (κ2) is 9.70. The fourth-order valence-corrected chi connectivity index (χ4v) is 4.76. The molecule has 2 fully saturated rings. The van der Waals surface area contributed by atoms with E-state index in [1.807, 2.05) is 35.1 Å². The van der Waals surface area contributed by atoms with Crippen molar-refractivity contribution in [1.29, 1.82) is 0 Å². The second-order valence-corrected chi connectivity index (χ2v) is 11.0. The van der Waals surface area contributed by atoms with Gasteiger partial charge in [-0.1, -0.05) is 42.2 Å². The summed E-state index contributed by atoms with van der Waals surface area (Å²) in [5.41, 5.74) is -0.253. The number of nitrogens with one attached hydrogen (secondary N) is 1. The molecule has 0 aliphatic carbocycles. The van der Waals surface area contributed by atoms with E-state index in [1.54, 1.807) is 20.8 Å². The number of carbonyl (C=O) groups excluding carboxylic acids is 2. The zero-order chi connectivity index (χ0) is 26.1. The molecule has 4 rings (SSSR count). The van der Waals surface area contributed by atoms with Crippen LogP contribution in [0.25, 0.3) is 0 Å². The summed E-state index contributed by atoms with van der Waals surface area (Å²) < 4.78 is 54.1. The number of hydrogen-bond acceptors (Lipinski definition) is 6. The highest BCUT2D eigenvalue weighted by molar-refractivity contribution is 7.92. The quantitative estimate of drug-likeness (QED) is 0.628. The van der Waals surface area contributed by atoms with Crippen LogP contribution in [0.3, 0.4) is 0 Å². The monoisotopic (exact) mass is 515 g/mol. The largest absolute Gasteiger partial charge is 0.487 e. The summed E-state index contributed by atoms with van der Waals surface area (Å²) in [4.78, 5) is 25.4. The minimum Gasteiger partial charge on any atom is -0.487 e. The number of nitrogens with zero attached hydrogens (tertiary/aromatic N) is 2. The molecule has 0 unspecified atom stereocenters. The summed E-state index contributed by atoms with van der Waals surface area (Å²) in [5.74, 6) is 3.73. The Balaban J connectivity index is 1.56. The van der Waals surface area contributed by atoms with Crippen LogP contribution >= 0.6 is 0 Å². The zero-order valence-corrected chi connectivity index (χ0v) is 20.9. The van der Waals surface area contributed by atoms with Crippen molar-refractivity contribution in [3.05, 3.63) is 59.4 Å².